The van der Waals surface area contributed by atoms with E-state index in [9.17, 15) is 14.4 Å². The number of hydrogen-bond donors (Lipinski definition) is 2. The Morgan fingerprint density at radius 1 is 1.44 bits per heavy atom. The van der Waals surface area contributed by atoms with Crippen molar-refractivity contribution in [2.24, 2.45) is 0 Å². The standard InChI is InChI=1S/C18H21N3O5S/c1-25-17(24)11-4-5-13-14(9-11)20-18(27)21(16(13)23)7-6-15(22)19-10-12-3-2-8-26-12/h4-5,9,12H,2-3,6-8,10H2,1H3,(H,19,22)(H,20,27). The number of hydrogen-bond acceptors (Lipinski definition) is 6. The molecule has 9 heteroatoms. The third kappa shape index (κ3) is 4.42. The molecule has 1 aromatic heterocycles. The number of rotatable bonds is 6. The van der Waals surface area contributed by atoms with Crippen LogP contribution in [0.25, 0.3) is 10.9 Å². The summed E-state index contributed by atoms with van der Waals surface area (Å²) in [7, 11) is 1.29. The molecule has 1 amide bonds. The molecular formula is C18H21N3O5S. The number of nitrogens with one attached hydrogen (secondary N) is 2. The van der Waals surface area contributed by atoms with Crippen molar-refractivity contribution in [1.29, 1.82) is 0 Å². The highest BCUT2D eigenvalue weighted by Gasteiger charge is 2.16. The van der Waals surface area contributed by atoms with E-state index in [-0.39, 0.29) is 35.3 Å². The highest BCUT2D eigenvalue weighted by Crippen LogP contribution is 2.12. The summed E-state index contributed by atoms with van der Waals surface area (Å²) in [5, 5.41) is 3.21. The first-order chi connectivity index (χ1) is 13.0. The number of esters is 1. The van der Waals surface area contributed by atoms with Crippen LogP contribution in [-0.2, 0) is 20.8 Å². The molecule has 0 spiro atoms. The Morgan fingerprint density at radius 3 is 2.96 bits per heavy atom. The van der Waals surface area contributed by atoms with Crippen molar-refractivity contribution in [3.8, 4) is 0 Å². The molecule has 1 unspecified atom stereocenters. The van der Waals surface area contributed by atoms with Crippen LogP contribution in [0.2, 0.25) is 0 Å². The molecule has 1 aliphatic rings. The fourth-order valence-corrected chi connectivity index (χ4v) is 3.32. The summed E-state index contributed by atoms with van der Waals surface area (Å²) in [4.78, 5) is 39.3. The van der Waals surface area contributed by atoms with Crippen LogP contribution in [0, 0.1) is 4.77 Å². The van der Waals surface area contributed by atoms with E-state index in [2.05, 4.69) is 15.0 Å². The predicted molar refractivity (Wildman–Crippen MR) is 101 cm³/mol. The average molecular weight is 391 g/mol. The van der Waals surface area contributed by atoms with Crippen molar-refractivity contribution < 1.29 is 19.1 Å². The van der Waals surface area contributed by atoms with Crippen LogP contribution in [0.1, 0.15) is 29.6 Å². The molecule has 1 atom stereocenters. The highest BCUT2D eigenvalue weighted by molar-refractivity contribution is 7.71. The molecular weight excluding hydrogens is 370 g/mol. The van der Waals surface area contributed by atoms with Crippen LogP contribution in [0.15, 0.2) is 23.0 Å². The molecule has 3 rings (SSSR count). The van der Waals surface area contributed by atoms with E-state index in [0.717, 1.165) is 19.4 Å². The summed E-state index contributed by atoms with van der Waals surface area (Å²) >= 11 is 5.25. The average Bonchev–Trinajstić information content (AvgIpc) is 3.18. The van der Waals surface area contributed by atoms with Gasteiger partial charge in [0.25, 0.3) is 5.56 Å². The SMILES string of the molecule is COC(=O)c1ccc2c(=O)n(CCC(=O)NCC3CCCO3)c(=S)[nH]c2c1. The second-order valence-corrected chi connectivity index (χ2v) is 6.71. The van der Waals surface area contributed by atoms with Gasteiger partial charge >= 0.3 is 5.97 Å². The molecule has 1 fully saturated rings. The summed E-state index contributed by atoms with van der Waals surface area (Å²) in [5.41, 5.74) is 0.463. The molecule has 27 heavy (non-hydrogen) atoms. The van der Waals surface area contributed by atoms with Crippen LogP contribution in [0.3, 0.4) is 0 Å². The van der Waals surface area contributed by atoms with Crippen LogP contribution in [0.4, 0.5) is 0 Å². The number of ether oxygens (including phenoxy) is 2. The molecule has 2 aromatic rings. The van der Waals surface area contributed by atoms with E-state index in [1.54, 1.807) is 6.07 Å². The molecule has 1 saturated heterocycles. The van der Waals surface area contributed by atoms with Gasteiger partial charge in [0, 0.05) is 26.1 Å². The summed E-state index contributed by atoms with van der Waals surface area (Å²) < 4.78 is 11.7. The normalized spacial score (nSPS) is 16.4. The predicted octanol–water partition coefficient (Wildman–Crippen LogP) is 1.53. The smallest absolute Gasteiger partial charge is 0.337 e. The summed E-state index contributed by atoms with van der Waals surface area (Å²) in [6, 6.07) is 4.59. The van der Waals surface area contributed by atoms with Gasteiger partial charge in [0.1, 0.15) is 0 Å². The summed E-state index contributed by atoms with van der Waals surface area (Å²) in [5.74, 6) is -0.656. The van der Waals surface area contributed by atoms with Crippen LogP contribution < -0.4 is 10.9 Å². The Balaban J connectivity index is 1.72. The fraction of sp³-hybridized carbons (Fsp3) is 0.444. The second kappa shape index (κ2) is 8.45. The molecule has 2 heterocycles. The van der Waals surface area contributed by atoms with Crippen molar-refractivity contribution in [2.45, 2.75) is 31.9 Å². The quantitative estimate of drug-likeness (QED) is 0.572. The number of amides is 1. The van der Waals surface area contributed by atoms with E-state index in [1.165, 1.54) is 23.8 Å². The molecule has 0 saturated carbocycles. The summed E-state index contributed by atoms with van der Waals surface area (Å²) in [6.45, 7) is 1.38. The minimum atomic E-state index is -0.497. The largest absolute Gasteiger partial charge is 0.465 e. The maximum atomic E-state index is 12.7. The van der Waals surface area contributed by atoms with E-state index >= 15 is 0 Å². The van der Waals surface area contributed by atoms with Crippen molar-refractivity contribution in [3.63, 3.8) is 0 Å². The summed E-state index contributed by atoms with van der Waals surface area (Å²) in [6.07, 6.45) is 2.17. The van der Waals surface area contributed by atoms with E-state index in [1.807, 2.05) is 0 Å². The number of nitrogens with zero attached hydrogens (tertiary/aromatic N) is 1. The number of H-pyrrole nitrogens is 1. The molecule has 0 aliphatic carbocycles. The van der Waals surface area contributed by atoms with Gasteiger partial charge in [0.05, 0.1) is 29.7 Å². The van der Waals surface area contributed by atoms with Gasteiger partial charge in [0.15, 0.2) is 4.77 Å². The number of aromatic amines is 1. The maximum Gasteiger partial charge on any atom is 0.337 e. The highest BCUT2D eigenvalue weighted by atomic mass is 32.1. The van der Waals surface area contributed by atoms with Gasteiger partial charge in [-0.2, -0.15) is 0 Å². The van der Waals surface area contributed by atoms with Gasteiger partial charge in [-0.1, -0.05) is 0 Å². The maximum absolute atomic E-state index is 12.7. The lowest BCUT2D eigenvalue weighted by molar-refractivity contribution is -0.121. The first-order valence-electron chi connectivity index (χ1n) is 8.73. The molecule has 144 valence electrons. The third-order valence-corrected chi connectivity index (χ3v) is 4.84. The Labute approximate surface area is 160 Å². The minimum Gasteiger partial charge on any atom is -0.465 e. The topological polar surface area (TPSA) is 102 Å². The fourth-order valence-electron chi connectivity index (χ4n) is 3.04. The van der Waals surface area contributed by atoms with E-state index in [0.29, 0.717) is 23.0 Å². The lowest BCUT2D eigenvalue weighted by Crippen LogP contribution is -2.33. The molecule has 0 bridgehead atoms. The van der Waals surface area contributed by atoms with Crippen LogP contribution in [-0.4, -0.2) is 47.8 Å². The lowest BCUT2D eigenvalue weighted by Gasteiger charge is -2.12. The third-order valence-electron chi connectivity index (χ3n) is 4.52. The number of carbonyl (C=O) groups is 2. The van der Waals surface area contributed by atoms with E-state index in [4.69, 9.17) is 17.0 Å². The first-order valence-corrected chi connectivity index (χ1v) is 9.14. The Morgan fingerprint density at radius 2 is 2.26 bits per heavy atom. The first kappa shape index (κ1) is 19.2. The van der Waals surface area contributed by atoms with E-state index < -0.39 is 5.97 Å². The van der Waals surface area contributed by atoms with Gasteiger partial charge in [-0.25, -0.2) is 4.79 Å². The van der Waals surface area contributed by atoms with Crippen molar-refractivity contribution in [1.82, 2.24) is 14.9 Å². The van der Waals surface area contributed by atoms with Gasteiger partial charge in [-0.3, -0.25) is 14.2 Å². The molecule has 8 nitrogen and oxygen atoms in total. The van der Waals surface area contributed by atoms with Crippen molar-refractivity contribution in [2.75, 3.05) is 20.3 Å². The van der Waals surface area contributed by atoms with Crippen molar-refractivity contribution in [3.05, 3.63) is 38.9 Å². The molecule has 1 aliphatic heterocycles. The number of aromatic nitrogens is 2. The van der Waals surface area contributed by atoms with Crippen molar-refractivity contribution >= 4 is 35.0 Å². The zero-order chi connectivity index (χ0) is 19.4. The molecule has 1 aromatic carbocycles. The van der Waals surface area contributed by atoms with Crippen LogP contribution >= 0.6 is 12.2 Å². The molecule has 0 radical (unpaired) electrons. The minimum absolute atomic E-state index is 0.0733. The van der Waals surface area contributed by atoms with Gasteiger partial charge in [0.2, 0.25) is 5.91 Å². The monoisotopic (exact) mass is 391 g/mol. The number of benzene rings is 1. The van der Waals surface area contributed by atoms with Gasteiger partial charge in [-0.05, 0) is 43.3 Å². The van der Waals surface area contributed by atoms with Gasteiger partial charge < -0.3 is 19.8 Å². The Bertz CT molecular complexity index is 975. The Kier molecular flexibility index (Phi) is 6.02. The Hall–Kier alpha value is -2.52. The molecule has 2 N–H and O–H groups in total. The van der Waals surface area contributed by atoms with Crippen LogP contribution in [0.5, 0.6) is 0 Å². The number of methoxy groups -OCH3 is 1. The zero-order valence-electron chi connectivity index (χ0n) is 14.9. The number of fused-ring (bicyclic) bond motifs is 1. The number of carbonyl (C=O) groups excluding carboxylic acids is 2. The second-order valence-electron chi connectivity index (χ2n) is 6.33. The lowest BCUT2D eigenvalue weighted by atomic mass is 10.1. The van der Waals surface area contributed by atoms with Gasteiger partial charge in [-0.15, -0.1) is 0 Å². The zero-order valence-corrected chi connectivity index (χ0v) is 15.8.